The molecule has 1 aliphatic rings. The number of benzene rings is 2. The largest absolute Gasteiger partial charge is 0.351 e. The first-order valence-electron chi connectivity index (χ1n) is 9.78. The van der Waals surface area contributed by atoms with Gasteiger partial charge in [0.1, 0.15) is 0 Å². The number of anilines is 2. The number of rotatable bonds is 2. The molecule has 0 unspecified atom stereocenters. The summed E-state index contributed by atoms with van der Waals surface area (Å²) < 4.78 is 2.14. The average Bonchev–Trinajstić information content (AvgIpc) is 3.36. The van der Waals surface area contributed by atoms with Crippen molar-refractivity contribution >= 4 is 33.3 Å². The molecule has 5 heteroatoms. The standard InChI is InChI=1S/C24H19N5/c1-28-10-5-18-12-17(2-3-22(18)28)20-13-19(14-21-24(20)27-9-8-26-21)29-11-6-16-4-7-25-15-23(16)29/h2-5,7-10,12-15H,6,11H2,1H3. The van der Waals surface area contributed by atoms with Crippen LogP contribution in [-0.4, -0.2) is 26.1 Å². The highest BCUT2D eigenvalue weighted by molar-refractivity contribution is 5.98. The lowest BCUT2D eigenvalue weighted by Gasteiger charge is -2.21. The van der Waals surface area contributed by atoms with Gasteiger partial charge in [-0.2, -0.15) is 0 Å². The molecule has 2 aromatic carbocycles. The van der Waals surface area contributed by atoms with Crippen molar-refractivity contribution in [1.29, 1.82) is 0 Å². The van der Waals surface area contributed by atoms with Crippen LogP contribution in [0.1, 0.15) is 5.56 Å². The third-order valence-corrected chi connectivity index (χ3v) is 5.85. The molecule has 0 amide bonds. The highest BCUT2D eigenvalue weighted by Gasteiger charge is 2.22. The number of aryl methyl sites for hydroxylation is 1. The van der Waals surface area contributed by atoms with Crippen molar-refractivity contribution in [3.8, 4) is 11.1 Å². The van der Waals surface area contributed by atoms with Gasteiger partial charge < -0.3 is 9.47 Å². The van der Waals surface area contributed by atoms with Gasteiger partial charge in [-0.1, -0.05) is 6.07 Å². The summed E-state index contributed by atoms with van der Waals surface area (Å²) in [4.78, 5) is 15.9. The normalized spacial score (nSPS) is 13.3. The van der Waals surface area contributed by atoms with Crippen LogP contribution >= 0.6 is 0 Å². The topological polar surface area (TPSA) is 46.8 Å². The molecule has 1 aliphatic heterocycles. The molecule has 0 atom stereocenters. The van der Waals surface area contributed by atoms with Crippen LogP contribution in [0.25, 0.3) is 33.1 Å². The van der Waals surface area contributed by atoms with E-state index in [2.05, 4.69) is 80.1 Å². The van der Waals surface area contributed by atoms with E-state index >= 15 is 0 Å². The Balaban J connectivity index is 1.57. The van der Waals surface area contributed by atoms with Crippen molar-refractivity contribution in [2.75, 3.05) is 11.4 Å². The summed E-state index contributed by atoms with van der Waals surface area (Å²) in [7, 11) is 2.07. The maximum atomic E-state index is 4.66. The van der Waals surface area contributed by atoms with Crippen LogP contribution in [0, 0.1) is 0 Å². The van der Waals surface area contributed by atoms with Gasteiger partial charge in [0.05, 0.1) is 22.9 Å². The van der Waals surface area contributed by atoms with Gasteiger partial charge in [0.15, 0.2) is 0 Å². The van der Waals surface area contributed by atoms with E-state index in [4.69, 9.17) is 0 Å². The molecule has 0 saturated heterocycles. The van der Waals surface area contributed by atoms with E-state index in [9.17, 15) is 0 Å². The molecule has 0 aliphatic carbocycles. The van der Waals surface area contributed by atoms with Crippen molar-refractivity contribution in [3.05, 3.63) is 79.0 Å². The quantitative estimate of drug-likeness (QED) is 0.440. The highest BCUT2D eigenvalue weighted by Crippen LogP contribution is 2.38. The monoisotopic (exact) mass is 377 g/mol. The number of nitrogens with zero attached hydrogens (tertiary/aromatic N) is 5. The van der Waals surface area contributed by atoms with Gasteiger partial charge >= 0.3 is 0 Å². The van der Waals surface area contributed by atoms with Gasteiger partial charge in [0, 0.05) is 60.5 Å². The molecular weight excluding hydrogens is 358 g/mol. The molecule has 4 heterocycles. The second kappa shape index (κ2) is 6.14. The first-order valence-corrected chi connectivity index (χ1v) is 9.78. The second-order valence-electron chi connectivity index (χ2n) is 7.52. The number of fused-ring (bicyclic) bond motifs is 3. The van der Waals surface area contributed by atoms with Crippen molar-refractivity contribution < 1.29 is 0 Å². The van der Waals surface area contributed by atoms with E-state index in [1.54, 1.807) is 12.4 Å². The highest BCUT2D eigenvalue weighted by atomic mass is 15.2. The Morgan fingerprint density at radius 1 is 0.931 bits per heavy atom. The van der Waals surface area contributed by atoms with Crippen LogP contribution in [0.4, 0.5) is 11.4 Å². The van der Waals surface area contributed by atoms with Gasteiger partial charge in [-0.15, -0.1) is 0 Å². The molecule has 0 fully saturated rings. The summed E-state index contributed by atoms with van der Waals surface area (Å²) in [5.74, 6) is 0. The van der Waals surface area contributed by atoms with Crippen LogP contribution in [0.15, 0.2) is 73.4 Å². The summed E-state index contributed by atoms with van der Waals surface area (Å²) in [6.07, 6.45) is 10.5. The van der Waals surface area contributed by atoms with Crippen LogP contribution < -0.4 is 4.90 Å². The van der Waals surface area contributed by atoms with Gasteiger partial charge in [-0.25, -0.2) is 0 Å². The second-order valence-corrected chi connectivity index (χ2v) is 7.52. The van der Waals surface area contributed by atoms with Crippen molar-refractivity contribution in [2.45, 2.75) is 6.42 Å². The number of pyridine rings is 1. The fourth-order valence-corrected chi connectivity index (χ4v) is 4.38. The molecule has 0 radical (unpaired) electrons. The summed E-state index contributed by atoms with van der Waals surface area (Å²) in [6, 6.07) is 15.2. The van der Waals surface area contributed by atoms with E-state index in [0.29, 0.717) is 0 Å². The summed E-state index contributed by atoms with van der Waals surface area (Å²) in [5, 5.41) is 1.23. The zero-order valence-electron chi connectivity index (χ0n) is 16.1. The van der Waals surface area contributed by atoms with Crippen LogP contribution in [0.2, 0.25) is 0 Å². The minimum atomic E-state index is 0.908. The summed E-state index contributed by atoms with van der Waals surface area (Å²) in [6.45, 7) is 0.948. The molecule has 0 spiro atoms. The Hall–Kier alpha value is -3.73. The Bertz CT molecular complexity index is 1380. The molecule has 29 heavy (non-hydrogen) atoms. The number of hydrogen-bond acceptors (Lipinski definition) is 4. The number of hydrogen-bond donors (Lipinski definition) is 0. The van der Waals surface area contributed by atoms with E-state index < -0.39 is 0 Å². The lowest BCUT2D eigenvalue weighted by molar-refractivity contribution is 0.969. The molecule has 6 rings (SSSR count). The van der Waals surface area contributed by atoms with Crippen LogP contribution in [0.3, 0.4) is 0 Å². The predicted molar refractivity (Wildman–Crippen MR) is 116 cm³/mol. The summed E-state index contributed by atoms with van der Waals surface area (Å²) >= 11 is 0. The fraction of sp³-hybridized carbons (Fsp3) is 0.125. The smallest absolute Gasteiger partial charge is 0.0966 e. The lowest BCUT2D eigenvalue weighted by Crippen LogP contribution is -2.13. The van der Waals surface area contributed by atoms with Crippen molar-refractivity contribution in [3.63, 3.8) is 0 Å². The zero-order chi connectivity index (χ0) is 19.4. The molecule has 0 saturated carbocycles. The van der Waals surface area contributed by atoms with Gasteiger partial charge in [-0.3, -0.25) is 15.0 Å². The maximum absolute atomic E-state index is 4.66. The SMILES string of the molecule is Cn1ccc2cc(-c3cc(N4CCc5ccncc54)cc4nccnc34)ccc21. The molecular formula is C24H19N5. The summed E-state index contributed by atoms with van der Waals surface area (Å²) in [5.41, 5.74) is 8.97. The average molecular weight is 377 g/mol. The zero-order valence-corrected chi connectivity index (χ0v) is 16.1. The first-order chi connectivity index (χ1) is 14.3. The minimum absolute atomic E-state index is 0.908. The van der Waals surface area contributed by atoms with E-state index in [-0.39, 0.29) is 0 Å². The van der Waals surface area contributed by atoms with Crippen molar-refractivity contribution in [1.82, 2.24) is 19.5 Å². The van der Waals surface area contributed by atoms with E-state index in [1.165, 1.54) is 22.2 Å². The Kier molecular flexibility index (Phi) is 3.44. The fourth-order valence-electron chi connectivity index (χ4n) is 4.38. The lowest BCUT2D eigenvalue weighted by atomic mass is 10.0. The molecule has 0 N–H and O–H groups in total. The predicted octanol–water partition coefficient (Wildman–Crippen LogP) is 4.88. The number of aromatic nitrogens is 4. The van der Waals surface area contributed by atoms with Gasteiger partial charge in [0.25, 0.3) is 0 Å². The minimum Gasteiger partial charge on any atom is -0.351 e. The molecule has 3 aromatic heterocycles. The molecule has 0 bridgehead atoms. The third kappa shape index (κ3) is 2.51. The third-order valence-electron chi connectivity index (χ3n) is 5.85. The van der Waals surface area contributed by atoms with Crippen molar-refractivity contribution in [2.24, 2.45) is 7.05 Å². The van der Waals surface area contributed by atoms with Gasteiger partial charge in [-0.05, 0) is 53.9 Å². The van der Waals surface area contributed by atoms with Crippen LogP contribution in [-0.2, 0) is 13.5 Å². The van der Waals surface area contributed by atoms with Gasteiger partial charge in [0.2, 0.25) is 0 Å². The molecule has 140 valence electrons. The Morgan fingerprint density at radius 3 is 2.83 bits per heavy atom. The molecule has 5 nitrogen and oxygen atoms in total. The Labute approximate surface area is 168 Å². The maximum Gasteiger partial charge on any atom is 0.0966 e. The van der Waals surface area contributed by atoms with E-state index in [1.807, 2.05) is 12.4 Å². The van der Waals surface area contributed by atoms with E-state index in [0.717, 1.165) is 40.8 Å². The molecule has 5 aromatic rings. The van der Waals surface area contributed by atoms with Crippen LogP contribution in [0.5, 0.6) is 0 Å². The first kappa shape index (κ1) is 16.2. The Morgan fingerprint density at radius 2 is 1.86 bits per heavy atom.